The molecule has 34 heavy (non-hydrogen) atoms. The van der Waals surface area contributed by atoms with E-state index in [1.165, 1.54) is 11.0 Å². The standard InChI is InChI=1S/C26H25BrN2O5/c1-13-9-20(14(2)8-19(13)27)28-21(30)12-34-26(33)17-4-3-5-18(11-17)29-24(31)22-15-6-7-16(10-15)23(22)25(29)32/h3-5,8-9,11,15-16,22-23H,6-7,10,12H2,1-2H3,(H,28,30)/t15-,16-,22-,23+/m0/s1. The van der Waals surface area contributed by atoms with Gasteiger partial charge in [-0.1, -0.05) is 22.0 Å². The molecule has 3 aliphatic rings. The molecule has 0 spiro atoms. The molecule has 1 aliphatic heterocycles. The molecule has 2 aromatic rings. The van der Waals surface area contributed by atoms with Crippen LogP contribution in [0, 0.1) is 37.5 Å². The van der Waals surface area contributed by atoms with E-state index < -0.39 is 18.5 Å². The molecule has 0 radical (unpaired) electrons. The quantitative estimate of drug-likeness (QED) is 0.462. The van der Waals surface area contributed by atoms with Crippen molar-refractivity contribution < 1.29 is 23.9 Å². The number of hydrogen-bond acceptors (Lipinski definition) is 5. The molecular weight excluding hydrogens is 500 g/mol. The highest BCUT2D eigenvalue weighted by molar-refractivity contribution is 9.10. The second kappa shape index (κ2) is 8.65. The number of nitrogens with zero attached hydrogens (tertiary/aromatic N) is 1. The summed E-state index contributed by atoms with van der Waals surface area (Å²) in [6.45, 7) is 3.34. The fourth-order valence-corrected chi connectivity index (χ4v) is 6.21. The molecule has 1 N–H and O–H groups in total. The van der Waals surface area contributed by atoms with Gasteiger partial charge in [0, 0.05) is 10.2 Å². The lowest BCUT2D eigenvalue weighted by Crippen LogP contribution is -2.32. The maximum Gasteiger partial charge on any atom is 0.338 e. The largest absolute Gasteiger partial charge is 0.452 e. The van der Waals surface area contributed by atoms with Crippen LogP contribution in [-0.4, -0.2) is 30.3 Å². The molecule has 2 saturated carbocycles. The molecule has 2 aliphatic carbocycles. The highest BCUT2D eigenvalue weighted by Crippen LogP contribution is 2.56. The molecule has 1 heterocycles. The number of ether oxygens (including phenoxy) is 1. The molecule has 0 unspecified atom stereocenters. The Kier molecular flexibility index (Phi) is 5.80. The first kappa shape index (κ1) is 22.8. The van der Waals surface area contributed by atoms with Crippen LogP contribution >= 0.6 is 15.9 Å². The predicted octanol–water partition coefficient (Wildman–Crippen LogP) is 4.40. The van der Waals surface area contributed by atoms with Crippen molar-refractivity contribution in [3.63, 3.8) is 0 Å². The summed E-state index contributed by atoms with van der Waals surface area (Å²) in [5.41, 5.74) is 3.06. The van der Waals surface area contributed by atoms with Crippen LogP contribution in [0.4, 0.5) is 11.4 Å². The molecule has 2 aromatic carbocycles. The Morgan fingerprint density at radius 2 is 1.71 bits per heavy atom. The molecule has 8 heteroatoms. The van der Waals surface area contributed by atoms with Gasteiger partial charge in [0.2, 0.25) is 11.8 Å². The van der Waals surface area contributed by atoms with Gasteiger partial charge in [-0.25, -0.2) is 4.79 Å². The second-order valence-electron chi connectivity index (χ2n) is 9.49. The number of hydrogen-bond donors (Lipinski definition) is 1. The van der Waals surface area contributed by atoms with E-state index in [0.29, 0.717) is 23.2 Å². The van der Waals surface area contributed by atoms with Gasteiger partial charge < -0.3 is 10.1 Å². The van der Waals surface area contributed by atoms with E-state index in [1.807, 2.05) is 26.0 Å². The predicted molar refractivity (Wildman–Crippen MR) is 129 cm³/mol. The van der Waals surface area contributed by atoms with E-state index >= 15 is 0 Å². The summed E-state index contributed by atoms with van der Waals surface area (Å²) >= 11 is 3.45. The van der Waals surface area contributed by atoms with Gasteiger partial charge in [-0.2, -0.15) is 0 Å². The minimum Gasteiger partial charge on any atom is -0.452 e. The summed E-state index contributed by atoms with van der Waals surface area (Å²) in [7, 11) is 0. The molecule has 3 fully saturated rings. The summed E-state index contributed by atoms with van der Waals surface area (Å²) in [4.78, 5) is 52.3. The molecule has 176 valence electrons. The minimum atomic E-state index is -0.694. The number of carbonyl (C=O) groups is 4. The van der Waals surface area contributed by atoms with Gasteiger partial charge in [-0.3, -0.25) is 19.3 Å². The Morgan fingerprint density at radius 3 is 2.38 bits per heavy atom. The number of fused-ring (bicyclic) bond motifs is 5. The molecule has 4 atom stereocenters. The monoisotopic (exact) mass is 524 g/mol. The van der Waals surface area contributed by atoms with Crippen molar-refractivity contribution in [2.45, 2.75) is 33.1 Å². The third-order valence-electron chi connectivity index (χ3n) is 7.38. The lowest BCUT2D eigenvalue weighted by atomic mass is 9.81. The van der Waals surface area contributed by atoms with Gasteiger partial charge in [0.05, 0.1) is 23.1 Å². The normalized spacial score (nSPS) is 25.0. The van der Waals surface area contributed by atoms with Gasteiger partial charge in [0.1, 0.15) is 0 Å². The van der Waals surface area contributed by atoms with Crippen LogP contribution in [0.5, 0.6) is 0 Å². The maximum absolute atomic E-state index is 13.1. The lowest BCUT2D eigenvalue weighted by molar-refractivity contribution is -0.123. The second-order valence-corrected chi connectivity index (χ2v) is 10.3. The Balaban J connectivity index is 1.25. The molecule has 3 amide bonds. The van der Waals surface area contributed by atoms with Crippen LogP contribution < -0.4 is 10.2 Å². The van der Waals surface area contributed by atoms with E-state index in [4.69, 9.17) is 4.74 Å². The average Bonchev–Trinajstić information content (AvgIpc) is 3.49. The number of aryl methyl sites for hydroxylation is 2. The first-order valence-electron chi connectivity index (χ1n) is 11.5. The van der Waals surface area contributed by atoms with E-state index in [-0.39, 0.29) is 29.2 Å². The number of imide groups is 1. The first-order chi connectivity index (χ1) is 16.2. The van der Waals surface area contributed by atoms with Gasteiger partial charge in [0.25, 0.3) is 5.91 Å². The summed E-state index contributed by atoms with van der Waals surface area (Å²) in [6.07, 6.45) is 2.98. The number of anilines is 2. The molecule has 7 nitrogen and oxygen atoms in total. The maximum atomic E-state index is 13.1. The highest BCUT2D eigenvalue weighted by atomic mass is 79.9. The van der Waals surface area contributed by atoms with Crippen molar-refractivity contribution in [2.24, 2.45) is 23.7 Å². The number of carbonyl (C=O) groups excluding carboxylic acids is 4. The van der Waals surface area contributed by atoms with Crippen molar-refractivity contribution >= 4 is 51.0 Å². The van der Waals surface area contributed by atoms with E-state index in [1.54, 1.807) is 18.2 Å². The van der Waals surface area contributed by atoms with Gasteiger partial charge in [-0.15, -0.1) is 0 Å². The Morgan fingerprint density at radius 1 is 1.03 bits per heavy atom. The van der Waals surface area contributed by atoms with Crippen LogP contribution in [0.2, 0.25) is 0 Å². The molecule has 1 saturated heterocycles. The third kappa shape index (κ3) is 3.83. The van der Waals surface area contributed by atoms with E-state index in [0.717, 1.165) is 34.9 Å². The summed E-state index contributed by atoms with van der Waals surface area (Å²) < 4.78 is 6.14. The zero-order valence-electron chi connectivity index (χ0n) is 19.0. The number of esters is 1. The van der Waals surface area contributed by atoms with E-state index in [2.05, 4.69) is 21.2 Å². The zero-order valence-corrected chi connectivity index (χ0v) is 20.6. The van der Waals surface area contributed by atoms with Gasteiger partial charge in [0.15, 0.2) is 6.61 Å². The third-order valence-corrected chi connectivity index (χ3v) is 8.24. The van der Waals surface area contributed by atoms with Crippen molar-refractivity contribution in [3.8, 4) is 0 Å². The van der Waals surface area contributed by atoms with Crippen molar-refractivity contribution in [1.82, 2.24) is 0 Å². The number of halogens is 1. The Bertz CT molecular complexity index is 1200. The first-order valence-corrected chi connectivity index (χ1v) is 12.3. The number of rotatable bonds is 5. The van der Waals surface area contributed by atoms with Crippen LogP contribution in [0.3, 0.4) is 0 Å². The van der Waals surface area contributed by atoms with E-state index in [9.17, 15) is 19.2 Å². The summed E-state index contributed by atoms with van der Waals surface area (Å²) in [6, 6.07) is 10.0. The van der Waals surface area contributed by atoms with Crippen LogP contribution in [-0.2, 0) is 19.1 Å². The minimum absolute atomic E-state index is 0.160. The fourth-order valence-electron chi connectivity index (χ4n) is 5.75. The summed E-state index contributed by atoms with van der Waals surface area (Å²) in [5.74, 6) is -1.34. The lowest BCUT2D eigenvalue weighted by Gasteiger charge is -2.19. The number of amides is 3. The fraction of sp³-hybridized carbons (Fsp3) is 0.385. The Labute approximate surface area is 206 Å². The smallest absolute Gasteiger partial charge is 0.338 e. The van der Waals surface area contributed by atoms with Gasteiger partial charge >= 0.3 is 5.97 Å². The topological polar surface area (TPSA) is 92.8 Å². The number of benzene rings is 2. The van der Waals surface area contributed by atoms with Crippen LogP contribution in [0.15, 0.2) is 40.9 Å². The molecule has 0 aromatic heterocycles. The van der Waals surface area contributed by atoms with Crippen molar-refractivity contribution in [1.29, 1.82) is 0 Å². The average molecular weight is 525 g/mol. The molecule has 5 rings (SSSR count). The zero-order chi connectivity index (χ0) is 24.1. The van der Waals surface area contributed by atoms with Crippen molar-refractivity contribution in [2.75, 3.05) is 16.8 Å². The molecular formula is C26H25BrN2O5. The van der Waals surface area contributed by atoms with Gasteiger partial charge in [-0.05, 0) is 86.4 Å². The Hall–Kier alpha value is -3.00. The molecule has 2 bridgehead atoms. The summed E-state index contributed by atoms with van der Waals surface area (Å²) in [5, 5.41) is 2.75. The number of nitrogens with one attached hydrogen (secondary N) is 1. The highest BCUT2D eigenvalue weighted by Gasteiger charge is 2.61. The van der Waals surface area contributed by atoms with Crippen molar-refractivity contribution in [3.05, 3.63) is 57.6 Å². The van der Waals surface area contributed by atoms with Crippen LogP contribution in [0.1, 0.15) is 40.7 Å². The van der Waals surface area contributed by atoms with Crippen LogP contribution in [0.25, 0.3) is 0 Å². The SMILES string of the molecule is Cc1cc(NC(=O)COC(=O)c2cccc(N3C(=O)[C@@H]4[C@H]5CC[C@@H](C5)[C@@H]4C3=O)c2)c(C)cc1Br.